The molecule has 2 aliphatic rings. The lowest BCUT2D eigenvalue weighted by molar-refractivity contribution is 0.222. The number of hydrogen-bond donors (Lipinski definition) is 1. The number of para-hydroxylation sites is 1. The summed E-state index contributed by atoms with van der Waals surface area (Å²) in [5.41, 5.74) is 4.58. The number of halogens is 1. The van der Waals surface area contributed by atoms with Gasteiger partial charge in [-0.3, -0.25) is 0 Å². The number of anilines is 1. The minimum Gasteiger partial charge on any atom is -0.497 e. The van der Waals surface area contributed by atoms with Gasteiger partial charge in [0, 0.05) is 11.1 Å². The molecule has 0 saturated carbocycles. The van der Waals surface area contributed by atoms with Gasteiger partial charge in [-0.15, -0.1) is 0 Å². The van der Waals surface area contributed by atoms with Crippen molar-refractivity contribution < 1.29 is 13.9 Å². The zero-order valence-electron chi connectivity index (χ0n) is 17.1. The maximum Gasteiger partial charge on any atom is 0.248 e. The second-order valence-electron chi connectivity index (χ2n) is 7.62. The van der Waals surface area contributed by atoms with E-state index in [1.807, 2.05) is 48.5 Å². The molecule has 1 N–H and O–H groups in total. The van der Waals surface area contributed by atoms with Crippen molar-refractivity contribution in [3.8, 4) is 11.5 Å². The fraction of sp³-hybridized carbons (Fsp3) is 0.125. The third kappa shape index (κ3) is 2.84. The van der Waals surface area contributed by atoms with E-state index in [4.69, 9.17) is 9.47 Å². The molecule has 4 aromatic rings. The van der Waals surface area contributed by atoms with Gasteiger partial charge in [0.25, 0.3) is 0 Å². The molecule has 0 radical (unpaired) electrons. The summed E-state index contributed by atoms with van der Waals surface area (Å²) in [7, 11) is 1.64. The quantitative estimate of drug-likeness (QED) is 0.523. The van der Waals surface area contributed by atoms with Crippen molar-refractivity contribution in [2.45, 2.75) is 12.1 Å². The third-order valence-corrected chi connectivity index (χ3v) is 5.85. The van der Waals surface area contributed by atoms with Crippen LogP contribution in [0.5, 0.6) is 11.5 Å². The standard InChI is InChI=1S/C24H18FN5O2/c1-31-17-12-8-14(9-13-17)22-20-21(26-24-27-28-29-30(22)24)18-4-2-3-5-19(18)32-23(20)15-6-10-16(25)11-7-15/h2-13,22-23H,1H3,(H,26,27,29)/t22-,23-/m0/s1. The normalized spacial score (nSPS) is 18.7. The van der Waals surface area contributed by atoms with Crippen LogP contribution in [0.15, 0.2) is 78.4 Å². The molecule has 8 heteroatoms. The van der Waals surface area contributed by atoms with Gasteiger partial charge in [0.2, 0.25) is 5.95 Å². The van der Waals surface area contributed by atoms with Crippen molar-refractivity contribution in [3.63, 3.8) is 0 Å². The molecule has 1 aromatic heterocycles. The van der Waals surface area contributed by atoms with Crippen molar-refractivity contribution in [1.82, 2.24) is 20.2 Å². The van der Waals surface area contributed by atoms with Crippen molar-refractivity contribution in [3.05, 3.63) is 101 Å². The minimum atomic E-state index is -0.461. The summed E-state index contributed by atoms with van der Waals surface area (Å²) < 4.78 is 27.3. The molecule has 6 rings (SSSR count). The van der Waals surface area contributed by atoms with Crippen LogP contribution in [-0.2, 0) is 0 Å². The van der Waals surface area contributed by atoms with Crippen LogP contribution in [0.4, 0.5) is 10.3 Å². The van der Waals surface area contributed by atoms with E-state index in [0.29, 0.717) is 5.95 Å². The predicted octanol–water partition coefficient (Wildman–Crippen LogP) is 4.38. The Morgan fingerprint density at radius 1 is 0.969 bits per heavy atom. The van der Waals surface area contributed by atoms with Crippen molar-refractivity contribution in [1.29, 1.82) is 0 Å². The Kier molecular flexibility index (Phi) is 4.17. The molecule has 0 aliphatic carbocycles. The average molecular weight is 427 g/mol. The molecule has 3 heterocycles. The summed E-state index contributed by atoms with van der Waals surface area (Å²) in [6.45, 7) is 0. The van der Waals surface area contributed by atoms with Crippen LogP contribution in [0.1, 0.15) is 28.8 Å². The molecule has 7 nitrogen and oxygen atoms in total. The van der Waals surface area contributed by atoms with Crippen molar-refractivity contribution in [2.75, 3.05) is 12.4 Å². The smallest absolute Gasteiger partial charge is 0.248 e. The lowest BCUT2D eigenvalue weighted by Crippen LogP contribution is -2.32. The molecule has 0 fully saturated rings. The van der Waals surface area contributed by atoms with Gasteiger partial charge in [-0.25, -0.2) is 4.39 Å². The van der Waals surface area contributed by atoms with Crippen LogP contribution in [0.2, 0.25) is 0 Å². The zero-order chi connectivity index (χ0) is 21.7. The zero-order valence-corrected chi connectivity index (χ0v) is 17.1. The largest absolute Gasteiger partial charge is 0.497 e. The van der Waals surface area contributed by atoms with Gasteiger partial charge < -0.3 is 14.8 Å². The summed E-state index contributed by atoms with van der Waals surface area (Å²) in [5.74, 6) is 1.74. The first-order valence-electron chi connectivity index (χ1n) is 10.2. The summed E-state index contributed by atoms with van der Waals surface area (Å²) in [6, 6.07) is 21.7. The van der Waals surface area contributed by atoms with Crippen LogP contribution in [0.25, 0.3) is 5.70 Å². The second kappa shape index (κ2) is 7.19. The van der Waals surface area contributed by atoms with Gasteiger partial charge in [-0.2, -0.15) is 4.68 Å². The molecule has 0 unspecified atom stereocenters. The first-order chi connectivity index (χ1) is 15.7. The Morgan fingerprint density at radius 2 is 1.72 bits per heavy atom. The summed E-state index contributed by atoms with van der Waals surface area (Å²) in [5, 5.41) is 15.7. The predicted molar refractivity (Wildman–Crippen MR) is 116 cm³/mol. The number of methoxy groups -OCH3 is 1. The van der Waals surface area contributed by atoms with E-state index >= 15 is 0 Å². The van der Waals surface area contributed by atoms with E-state index in [-0.39, 0.29) is 11.9 Å². The van der Waals surface area contributed by atoms with E-state index < -0.39 is 6.10 Å². The fourth-order valence-corrected chi connectivity index (χ4v) is 4.36. The highest BCUT2D eigenvalue weighted by Gasteiger charge is 2.41. The number of hydrogen-bond acceptors (Lipinski definition) is 6. The van der Waals surface area contributed by atoms with Gasteiger partial charge in [0.1, 0.15) is 29.5 Å². The highest BCUT2D eigenvalue weighted by molar-refractivity contribution is 5.85. The molecular formula is C24H18FN5O2. The van der Waals surface area contributed by atoms with Gasteiger partial charge in [0.15, 0.2) is 0 Å². The maximum atomic E-state index is 13.7. The van der Waals surface area contributed by atoms with Gasteiger partial charge in [-0.05, 0) is 58.0 Å². The van der Waals surface area contributed by atoms with E-state index in [0.717, 1.165) is 39.5 Å². The Morgan fingerprint density at radius 3 is 2.50 bits per heavy atom. The van der Waals surface area contributed by atoms with Gasteiger partial charge in [-0.1, -0.05) is 41.5 Å². The highest BCUT2D eigenvalue weighted by Crippen LogP contribution is 2.50. The molecular weight excluding hydrogens is 409 g/mol. The molecule has 2 atom stereocenters. The first-order valence-corrected chi connectivity index (χ1v) is 10.2. The van der Waals surface area contributed by atoms with Crippen LogP contribution < -0.4 is 14.8 Å². The van der Waals surface area contributed by atoms with Crippen LogP contribution in [0.3, 0.4) is 0 Å². The SMILES string of the molecule is COc1ccc([C@H]2C3=C(Nc4nnnn42)c2ccccc2O[C@H]3c2ccc(F)cc2)cc1. The Bertz CT molecular complexity index is 1330. The number of fused-ring (bicyclic) bond motifs is 3. The van der Waals surface area contributed by atoms with Crippen LogP contribution >= 0.6 is 0 Å². The van der Waals surface area contributed by atoms with E-state index in [1.54, 1.807) is 23.9 Å². The maximum absolute atomic E-state index is 13.7. The third-order valence-electron chi connectivity index (χ3n) is 5.85. The number of nitrogens with zero attached hydrogens (tertiary/aromatic N) is 4. The van der Waals surface area contributed by atoms with Gasteiger partial charge in [0.05, 0.1) is 12.8 Å². The number of tetrazole rings is 1. The van der Waals surface area contributed by atoms with E-state index in [9.17, 15) is 4.39 Å². The minimum absolute atomic E-state index is 0.296. The number of benzene rings is 3. The lowest BCUT2D eigenvalue weighted by Gasteiger charge is -2.38. The van der Waals surface area contributed by atoms with E-state index in [2.05, 4.69) is 20.8 Å². The monoisotopic (exact) mass is 427 g/mol. The summed E-state index contributed by atoms with van der Waals surface area (Å²) >= 11 is 0. The Balaban J connectivity index is 1.60. The lowest BCUT2D eigenvalue weighted by atomic mass is 9.84. The number of ether oxygens (including phenoxy) is 2. The number of rotatable bonds is 3. The second-order valence-corrected chi connectivity index (χ2v) is 7.62. The molecule has 0 bridgehead atoms. The molecule has 0 spiro atoms. The fourth-order valence-electron chi connectivity index (χ4n) is 4.36. The van der Waals surface area contributed by atoms with Crippen LogP contribution in [-0.4, -0.2) is 27.3 Å². The molecule has 0 saturated heterocycles. The van der Waals surface area contributed by atoms with E-state index in [1.165, 1.54) is 12.1 Å². The molecule has 32 heavy (non-hydrogen) atoms. The first kappa shape index (κ1) is 18.6. The highest BCUT2D eigenvalue weighted by atomic mass is 19.1. The van der Waals surface area contributed by atoms with Crippen LogP contribution in [0, 0.1) is 5.82 Å². The van der Waals surface area contributed by atoms with Crippen molar-refractivity contribution >= 4 is 11.6 Å². The average Bonchev–Trinajstić information content (AvgIpc) is 3.31. The molecule has 158 valence electrons. The molecule has 3 aromatic carbocycles. The van der Waals surface area contributed by atoms with Crippen molar-refractivity contribution in [2.24, 2.45) is 0 Å². The van der Waals surface area contributed by atoms with Gasteiger partial charge >= 0.3 is 0 Å². The Labute approximate surface area is 183 Å². The summed E-state index contributed by atoms with van der Waals surface area (Å²) in [6.07, 6.45) is -0.461. The molecule has 0 amide bonds. The Hall–Kier alpha value is -4.20. The summed E-state index contributed by atoms with van der Waals surface area (Å²) in [4.78, 5) is 0. The number of nitrogens with one attached hydrogen (secondary N) is 1. The number of aromatic nitrogens is 4. The topological polar surface area (TPSA) is 74.1 Å². The molecule has 2 aliphatic heterocycles.